The summed E-state index contributed by atoms with van der Waals surface area (Å²) in [6.07, 6.45) is 4.41. The van der Waals surface area contributed by atoms with E-state index in [1.54, 1.807) is 26.1 Å². The molecule has 0 saturated carbocycles. The number of likely N-dealkylation sites (N-methyl/N-ethyl adjacent to an activating group) is 1. The monoisotopic (exact) mass is 399 g/mol. The van der Waals surface area contributed by atoms with Gasteiger partial charge in [0.15, 0.2) is 0 Å². The summed E-state index contributed by atoms with van der Waals surface area (Å²) in [6, 6.07) is 5.32. The highest BCUT2D eigenvalue weighted by Crippen LogP contribution is 2.25. The van der Waals surface area contributed by atoms with Gasteiger partial charge in [-0.1, -0.05) is 42.1 Å². The highest BCUT2D eigenvalue weighted by atomic mass is 79.9. The average Bonchev–Trinajstić information content (AvgIpc) is 2.55. The first kappa shape index (κ1) is 20.5. The summed E-state index contributed by atoms with van der Waals surface area (Å²) < 4.78 is 11.4. The highest BCUT2D eigenvalue weighted by Gasteiger charge is 2.20. The number of carbonyl (C=O) groups excluding carboxylic acids is 2. The Kier molecular flexibility index (Phi) is 9.45. The van der Waals surface area contributed by atoms with E-state index in [1.165, 1.54) is 17.7 Å². The zero-order chi connectivity index (χ0) is 17.9. The smallest absolute Gasteiger partial charge is 0.325 e. The van der Waals surface area contributed by atoms with E-state index in [1.807, 2.05) is 6.07 Å². The SMILES string of the molecule is CCCCCCOc1ccc(Br)cc1C(=O)N(C)CC(=O)OCC. The third kappa shape index (κ3) is 6.91. The van der Waals surface area contributed by atoms with E-state index in [9.17, 15) is 9.59 Å². The predicted octanol–water partition coefficient (Wildman–Crippen LogP) is 4.04. The summed E-state index contributed by atoms with van der Waals surface area (Å²) in [6.45, 7) is 4.67. The van der Waals surface area contributed by atoms with Crippen molar-refractivity contribution < 1.29 is 19.1 Å². The number of hydrogen-bond donors (Lipinski definition) is 0. The molecule has 1 rings (SSSR count). The Labute approximate surface area is 152 Å². The molecular weight excluding hydrogens is 374 g/mol. The molecule has 5 nitrogen and oxygen atoms in total. The molecule has 1 aromatic rings. The summed E-state index contributed by atoms with van der Waals surface area (Å²) in [5.41, 5.74) is 0.437. The maximum Gasteiger partial charge on any atom is 0.325 e. The van der Waals surface area contributed by atoms with Crippen molar-refractivity contribution in [2.75, 3.05) is 26.8 Å². The minimum absolute atomic E-state index is 0.0882. The number of nitrogens with zero attached hydrogens (tertiary/aromatic N) is 1. The number of ether oxygens (including phenoxy) is 2. The number of halogens is 1. The van der Waals surface area contributed by atoms with Crippen molar-refractivity contribution in [3.8, 4) is 5.75 Å². The van der Waals surface area contributed by atoms with Gasteiger partial charge in [-0.25, -0.2) is 0 Å². The third-order valence-corrected chi connectivity index (χ3v) is 3.94. The van der Waals surface area contributed by atoms with Crippen molar-refractivity contribution >= 4 is 27.8 Å². The Morgan fingerprint density at radius 2 is 1.92 bits per heavy atom. The summed E-state index contributed by atoms with van der Waals surface area (Å²) in [5, 5.41) is 0. The van der Waals surface area contributed by atoms with Gasteiger partial charge in [-0.05, 0) is 31.5 Å². The fraction of sp³-hybridized carbons (Fsp3) is 0.556. The predicted molar refractivity (Wildman–Crippen MR) is 97.4 cm³/mol. The Morgan fingerprint density at radius 1 is 1.17 bits per heavy atom. The van der Waals surface area contributed by atoms with Gasteiger partial charge in [0.1, 0.15) is 12.3 Å². The normalized spacial score (nSPS) is 10.3. The van der Waals surface area contributed by atoms with Crippen LogP contribution in [0.25, 0.3) is 0 Å². The second kappa shape index (κ2) is 11.1. The Morgan fingerprint density at radius 3 is 2.58 bits per heavy atom. The maximum atomic E-state index is 12.6. The van der Waals surface area contributed by atoms with E-state index < -0.39 is 5.97 Å². The van der Waals surface area contributed by atoms with Crippen molar-refractivity contribution in [3.05, 3.63) is 28.2 Å². The third-order valence-electron chi connectivity index (χ3n) is 3.45. The molecule has 1 amide bonds. The lowest BCUT2D eigenvalue weighted by atomic mass is 10.1. The van der Waals surface area contributed by atoms with Crippen LogP contribution in [-0.4, -0.2) is 43.6 Å². The summed E-state index contributed by atoms with van der Waals surface area (Å²) in [5.74, 6) is -0.159. The van der Waals surface area contributed by atoms with Crippen LogP contribution in [-0.2, 0) is 9.53 Å². The van der Waals surface area contributed by atoms with Crippen LogP contribution in [0.2, 0.25) is 0 Å². The Balaban J connectivity index is 2.75. The van der Waals surface area contributed by atoms with Gasteiger partial charge in [-0.15, -0.1) is 0 Å². The van der Waals surface area contributed by atoms with Crippen LogP contribution in [0.5, 0.6) is 5.75 Å². The van der Waals surface area contributed by atoms with Gasteiger partial charge in [0.05, 0.1) is 18.8 Å². The lowest BCUT2D eigenvalue weighted by molar-refractivity contribution is -0.143. The fourth-order valence-electron chi connectivity index (χ4n) is 2.18. The minimum atomic E-state index is -0.426. The largest absolute Gasteiger partial charge is 0.493 e. The number of amides is 1. The second-order valence-electron chi connectivity index (χ2n) is 5.52. The fourth-order valence-corrected chi connectivity index (χ4v) is 2.54. The van der Waals surface area contributed by atoms with Crippen molar-refractivity contribution in [3.63, 3.8) is 0 Å². The molecule has 1 aromatic carbocycles. The summed E-state index contributed by atoms with van der Waals surface area (Å²) in [4.78, 5) is 25.5. The summed E-state index contributed by atoms with van der Waals surface area (Å²) >= 11 is 3.37. The molecule has 0 aliphatic rings. The van der Waals surface area contributed by atoms with Crippen LogP contribution >= 0.6 is 15.9 Å². The summed E-state index contributed by atoms with van der Waals surface area (Å²) in [7, 11) is 1.57. The molecule has 6 heteroatoms. The molecule has 0 bridgehead atoms. The lowest BCUT2D eigenvalue weighted by Gasteiger charge is -2.18. The zero-order valence-corrected chi connectivity index (χ0v) is 16.2. The number of hydrogen-bond acceptors (Lipinski definition) is 4. The molecule has 0 aliphatic carbocycles. The Bertz CT molecular complexity index is 548. The van der Waals surface area contributed by atoms with Gasteiger partial charge in [0, 0.05) is 11.5 Å². The van der Waals surface area contributed by atoms with Gasteiger partial charge in [-0.2, -0.15) is 0 Å². The first-order valence-corrected chi connectivity index (χ1v) is 9.12. The van der Waals surface area contributed by atoms with Crippen molar-refractivity contribution in [2.24, 2.45) is 0 Å². The van der Waals surface area contributed by atoms with E-state index in [-0.39, 0.29) is 12.5 Å². The lowest BCUT2D eigenvalue weighted by Crippen LogP contribution is -2.33. The number of unbranched alkanes of at least 4 members (excludes halogenated alkanes) is 3. The molecule has 0 atom stereocenters. The number of esters is 1. The molecule has 134 valence electrons. The van der Waals surface area contributed by atoms with Crippen LogP contribution in [0.15, 0.2) is 22.7 Å². The molecule has 0 saturated heterocycles. The van der Waals surface area contributed by atoms with E-state index >= 15 is 0 Å². The van der Waals surface area contributed by atoms with Crippen molar-refractivity contribution in [2.45, 2.75) is 39.5 Å². The second-order valence-corrected chi connectivity index (χ2v) is 6.43. The standard InChI is InChI=1S/C18H26BrNO4/c1-4-6-7-8-11-24-16-10-9-14(19)12-15(16)18(22)20(3)13-17(21)23-5-2/h9-10,12H,4-8,11,13H2,1-3H3. The van der Waals surface area contributed by atoms with Crippen LogP contribution in [0.3, 0.4) is 0 Å². The first-order valence-electron chi connectivity index (χ1n) is 8.33. The van der Waals surface area contributed by atoms with Crippen LogP contribution < -0.4 is 4.74 Å². The van der Waals surface area contributed by atoms with Crippen molar-refractivity contribution in [1.82, 2.24) is 4.90 Å². The minimum Gasteiger partial charge on any atom is -0.493 e. The van der Waals surface area contributed by atoms with Crippen LogP contribution in [0.4, 0.5) is 0 Å². The number of rotatable bonds is 10. The maximum absolute atomic E-state index is 12.6. The molecule has 0 aromatic heterocycles. The van der Waals surface area contributed by atoms with Crippen molar-refractivity contribution in [1.29, 1.82) is 0 Å². The quantitative estimate of drug-likeness (QED) is 0.439. The first-order chi connectivity index (χ1) is 11.5. The molecule has 0 fully saturated rings. The Hall–Kier alpha value is -1.56. The van der Waals surface area contributed by atoms with E-state index in [0.717, 1.165) is 17.3 Å². The van der Waals surface area contributed by atoms with E-state index in [0.29, 0.717) is 24.5 Å². The van der Waals surface area contributed by atoms with E-state index in [4.69, 9.17) is 9.47 Å². The molecule has 0 aliphatic heterocycles. The van der Waals surface area contributed by atoms with Gasteiger partial charge in [-0.3, -0.25) is 9.59 Å². The molecule has 0 N–H and O–H groups in total. The van der Waals surface area contributed by atoms with E-state index in [2.05, 4.69) is 22.9 Å². The number of benzene rings is 1. The number of carbonyl (C=O) groups is 2. The molecular formula is C18H26BrNO4. The van der Waals surface area contributed by atoms with Crippen LogP contribution in [0, 0.1) is 0 Å². The average molecular weight is 400 g/mol. The molecule has 0 heterocycles. The van der Waals surface area contributed by atoms with Gasteiger partial charge in [0.25, 0.3) is 5.91 Å². The highest BCUT2D eigenvalue weighted by molar-refractivity contribution is 9.10. The molecule has 0 spiro atoms. The zero-order valence-electron chi connectivity index (χ0n) is 14.6. The topological polar surface area (TPSA) is 55.8 Å². The van der Waals surface area contributed by atoms with Gasteiger partial charge >= 0.3 is 5.97 Å². The van der Waals surface area contributed by atoms with Gasteiger partial charge in [0.2, 0.25) is 0 Å². The van der Waals surface area contributed by atoms with Crippen LogP contribution in [0.1, 0.15) is 49.9 Å². The molecule has 0 unspecified atom stereocenters. The van der Waals surface area contributed by atoms with Gasteiger partial charge < -0.3 is 14.4 Å². The molecule has 0 radical (unpaired) electrons. The molecule has 24 heavy (non-hydrogen) atoms.